The molecule has 0 aliphatic rings. The Balaban J connectivity index is 1.47. The minimum atomic E-state index is 0.131. The van der Waals surface area contributed by atoms with E-state index >= 15 is 0 Å². The zero-order chi connectivity index (χ0) is 56.8. The molecule has 0 nitrogen and oxygen atoms in total. The van der Waals surface area contributed by atoms with Crippen LogP contribution in [0.15, 0.2) is 146 Å². The molecular formula is C72H90Se6. The molecule has 7 aromatic rings. The predicted octanol–water partition coefficient (Wildman–Crippen LogP) is 12.6. The summed E-state index contributed by atoms with van der Waals surface area (Å²) in [5, 5.41) is 6.78. The summed E-state index contributed by atoms with van der Waals surface area (Å²) in [6, 6.07) is 58.7. The van der Waals surface area contributed by atoms with Gasteiger partial charge in [0, 0.05) is 0 Å². The summed E-state index contributed by atoms with van der Waals surface area (Å²) in [6.45, 7) is 42.2. The second-order valence-electron chi connectivity index (χ2n) is 27.2. The minimum absolute atomic E-state index is 0.131. The van der Waals surface area contributed by atoms with E-state index in [-0.39, 0.29) is 122 Å². The van der Waals surface area contributed by atoms with Gasteiger partial charge in [-0.05, 0) is 0 Å². The molecule has 0 saturated heterocycles. The summed E-state index contributed by atoms with van der Waals surface area (Å²) in [5.41, 5.74) is 19.6. The summed E-state index contributed by atoms with van der Waals surface area (Å²) < 4.78 is 9.08. The number of benzene rings is 7. The molecule has 7 rings (SSSR count). The van der Waals surface area contributed by atoms with Gasteiger partial charge in [-0.15, -0.1) is 0 Å². The van der Waals surface area contributed by atoms with Gasteiger partial charge >= 0.3 is 518 Å². The molecular weight excluding hydrogens is 1340 g/mol. The van der Waals surface area contributed by atoms with E-state index in [1.54, 1.807) is 33.4 Å². The topological polar surface area (TPSA) is 0 Å². The van der Waals surface area contributed by atoms with E-state index in [1.807, 2.05) is 0 Å². The van der Waals surface area contributed by atoms with Crippen molar-refractivity contribution in [2.24, 2.45) is 0 Å². The van der Waals surface area contributed by atoms with Gasteiger partial charge in [-0.3, -0.25) is 0 Å². The van der Waals surface area contributed by atoms with E-state index in [2.05, 4.69) is 270 Å². The monoisotopic (exact) mass is 1430 g/mol. The third-order valence-electron chi connectivity index (χ3n) is 14.8. The fourth-order valence-electron chi connectivity index (χ4n) is 9.38. The van der Waals surface area contributed by atoms with Crippen molar-refractivity contribution in [3.8, 4) is 0 Å². The Morgan fingerprint density at radius 3 is 0.372 bits per heavy atom. The second kappa shape index (κ2) is 26.5. The van der Waals surface area contributed by atoms with Gasteiger partial charge in [-0.1, -0.05) is 0 Å². The molecule has 78 heavy (non-hydrogen) atoms. The van der Waals surface area contributed by atoms with Crippen LogP contribution in [0, 0.1) is 0 Å². The molecule has 0 atom stereocenters. The van der Waals surface area contributed by atoms with E-state index < -0.39 is 0 Å². The third kappa shape index (κ3) is 17.8. The summed E-state index contributed by atoms with van der Waals surface area (Å²) in [7, 11) is 0. The van der Waals surface area contributed by atoms with Gasteiger partial charge in [0.2, 0.25) is 0 Å². The molecule has 0 aromatic heterocycles. The van der Waals surface area contributed by atoms with Crippen LogP contribution in [0.3, 0.4) is 0 Å². The molecule has 0 heterocycles. The number of hydrogen-bond acceptors (Lipinski definition) is 0. The number of hydrogen-bond donors (Lipinski definition) is 0. The molecule has 0 amide bonds. The van der Waals surface area contributed by atoms with Crippen molar-refractivity contribution in [3.05, 3.63) is 212 Å². The van der Waals surface area contributed by atoms with Crippen molar-refractivity contribution in [1.82, 2.24) is 0 Å². The van der Waals surface area contributed by atoms with Gasteiger partial charge in [0.05, 0.1) is 0 Å². The average Bonchev–Trinajstić information content (AvgIpc) is 3.38. The molecule has 6 heteroatoms. The molecule has 7 aromatic carbocycles. The van der Waals surface area contributed by atoms with Crippen molar-refractivity contribution in [2.75, 3.05) is 0 Å². The number of rotatable bonds is 18. The molecule has 0 saturated carbocycles. The van der Waals surface area contributed by atoms with Gasteiger partial charge < -0.3 is 0 Å². The van der Waals surface area contributed by atoms with Crippen LogP contribution >= 0.6 is 0 Å². The molecule has 0 fully saturated rings. The van der Waals surface area contributed by atoms with Crippen molar-refractivity contribution in [1.29, 1.82) is 0 Å². The van der Waals surface area contributed by atoms with E-state index in [0.29, 0.717) is 0 Å². The van der Waals surface area contributed by atoms with Crippen LogP contribution in [0.25, 0.3) is 0 Å². The van der Waals surface area contributed by atoms with E-state index in [0.717, 1.165) is 31.9 Å². The Morgan fingerprint density at radius 1 is 0.179 bits per heavy atom. The Bertz CT molecular complexity index is 2460. The Morgan fingerprint density at radius 2 is 0.282 bits per heavy atom. The molecule has 0 aliphatic heterocycles. The molecule has 0 aliphatic carbocycles. The van der Waals surface area contributed by atoms with Gasteiger partial charge in [0.25, 0.3) is 0 Å². The molecule has 0 radical (unpaired) electrons. The van der Waals surface area contributed by atoms with Crippen LogP contribution in [0.2, 0.25) is 0 Å². The summed E-state index contributed by atoms with van der Waals surface area (Å²) >= 11 is 1.66. The van der Waals surface area contributed by atoms with Gasteiger partial charge in [0.15, 0.2) is 0 Å². The van der Waals surface area contributed by atoms with Gasteiger partial charge in [-0.25, -0.2) is 0 Å². The molecule has 0 bridgehead atoms. The maximum atomic E-state index is 2.47. The van der Waals surface area contributed by atoms with E-state index in [9.17, 15) is 0 Å². The fourth-order valence-corrected chi connectivity index (χ4v) is 21.8. The molecule has 0 N–H and O–H groups in total. The first-order chi connectivity index (χ1) is 36.4. The molecule has 414 valence electrons. The maximum absolute atomic E-state index is 2.47. The van der Waals surface area contributed by atoms with Gasteiger partial charge in [0.1, 0.15) is 0 Å². The van der Waals surface area contributed by atoms with Crippen LogP contribution in [0.1, 0.15) is 191 Å². The average molecular weight is 1430 g/mol. The summed E-state index contributed by atoms with van der Waals surface area (Å²) in [6.07, 6.45) is 0. The van der Waals surface area contributed by atoms with Crippen molar-refractivity contribution in [3.63, 3.8) is 0 Å². The van der Waals surface area contributed by atoms with Crippen molar-refractivity contribution in [2.45, 2.75) is 189 Å². The van der Waals surface area contributed by atoms with Crippen molar-refractivity contribution >= 4 is 117 Å². The van der Waals surface area contributed by atoms with Crippen LogP contribution < -0.4 is 26.8 Å². The summed E-state index contributed by atoms with van der Waals surface area (Å²) in [4.78, 5) is 0. The first-order valence-corrected chi connectivity index (χ1v) is 40.4. The SMILES string of the molecule is CC(C)(C)c1ccc([Se]Cc2c(C[Se]c3ccc(C(C)(C)C)cc3)c(C[Se]c3ccc(C(C)(C)C)cc3)c(C[Se]c3ccc(C(C)(C)C)cc3)c(C[Se]c3ccc(C(C)(C)C)cc3)c2C[Se]c2ccc(C(C)(C)C)cc2)cc1. The summed E-state index contributed by atoms with van der Waals surface area (Å²) in [5.74, 6) is 0. The quantitative estimate of drug-likeness (QED) is 0.0751. The zero-order valence-corrected chi connectivity index (χ0v) is 60.8. The van der Waals surface area contributed by atoms with Crippen LogP contribution in [0.4, 0.5) is 0 Å². The first-order valence-electron chi connectivity index (χ1n) is 28.0. The van der Waals surface area contributed by atoms with Crippen molar-refractivity contribution < 1.29 is 0 Å². The fraction of sp³-hybridized carbons (Fsp3) is 0.417. The Hall–Kier alpha value is -2.34. The second-order valence-corrected chi connectivity index (χ2v) is 40.5. The van der Waals surface area contributed by atoms with Crippen LogP contribution in [0.5, 0.6) is 0 Å². The Labute approximate surface area is 512 Å². The predicted molar refractivity (Wildman–Crippen MR) is 352 cm³/mol. The normalized spacial score (nSPS) is 12.8. The van der Waals surface area contributed by atoms with Crippen LogP contribution in [-0.2, 0) is 64.4 Å². The van der Waals surface area contributed by atoms with E-state index in [1.165, 1.54) is 60.2 Å². The van der Waals surface area contributed by atoms with Crippen LogP contribution in [-0.4, -0.2) is 89.7 Å². The Kier molecular flexibility index (Phi) is 21.5. The molecule has 0 spiro atoms. The first kappa shape index (κ1) is 63.2. The van der Waals surface area contributed by atoms with E-state index in [4.69, 9.17) is 0 Å². The standard InChI is InChI=1S/C72H90Se6/c1-67(2,3)49-19-31-55(32-20-49)73-43-61-62(44-74-56-33-21-50(22-34-56)68(4,5)6)64(46-76-58-37-25-52(26-38-58)70(10,11)12)66(48-78-60-41-29-54(30-42-60)72(16,17)18)65(47-77-59-39-27-53(28-40-59)71(13,14)15)63(61)45-75-57-35-23-51(24-36-57)69(7,8)9/h19-42H,43-48H2,1-18H3. The van der Waals surface area contributed by atoms with Gasteiger partial charge in [-0.2, -0.15) is 0 Å². The molecule has 0 unspecified atom stereocenters. The zero-order valence-electron chi connectivity index (χ0n) is 50.5. The third-order valence-corrected chi connectivity index (χ3v) is 27.9.